The average molecular weight is 467 g/mol. The zero-order chi connectivity index (χ0) is 23.7. The molecule has 1 N–H and O–H groups in total. The minimum absolute atomic E-state index is 0.0572. The van der Waals surface area contributed by atoms with Crippen molar-refractivity contribution in [2.24, 2.45) is 0 Å². The van der Waals surface area contributed by atoms with Gasteiger partial charge in [0.1, 0.15) is 17.4 Å². The molecule has 1 amide bonds. The highest BCUT2D eigenvalue weighted by Gasteiger charge is 2.31. The third kappa shape index (κ3) is 4.82. The standard InChI is InChI=1S/C26H28F2N4O2/c1-34-19-9-5-17(6-10-19)11-14-32-24-12-13-31(15-20-22(27)3-2-4-23(20)28)16-21(24)25(30-32)26(33)29-18-7-8-18/h2-6,9-10,18H,7-8,11-16H2,1H3,(H,29,33). The molecule has 1 aliphatic carbocycles. The molecular formula is C26H28F2N4O2. The third-order valence-electron chi connectivity index (χ3n) is 6.56. The van der Waals surface area contributed by atoms with E-state index in [0.29, 0.717) is 31.7 Å². The Morgan fingerprint density at radius 3 is 2.56 bits per heavy atom. The minimum atomic E-state index is -0.548. The van der Waals surface area contributed by atoms with Crippen LogP contribution in [-0.2, 0) is 32.5 Å². The van der Waals surface area contributed by atoms with E-state index in [0.717, 1.165) is 41.8 Å². The number of fused-ring (bicyclic) bond motifs is 1. The number of methoxy groups -OCH3 is 1. The topological polar surface area (TPSA) is 59.4 Å². The lowest BCUT2D eigenvalue weighted by Crippen LogP contribution is -2.33. The number of ether oxygens (including phenoxy) is 1. The highest BCUT2D eigenvalue weighted by Crippen LogP contribution is 2.27. The lowest BCUT2D eigenvalue weighted by atomic mass is 10.0. The van der Waals surface area contributed by atoms with Crippen LogP contribution in [0, 0.1) is 11.6 Å². The van der Waals surface area contributed by atoms with Gasteiger partial charge in [-0.25, -0.2) is 8.78 Å². The van der Waals surface area contributed by atoms with Crippen LogP contribution in [0.2, 0.25) is 0 Å². The van der Waals surface area contributed by atoms with Gasteiger partial charge in [0.25, 0.3) is 5.91 Å². The Balaban J connectivity index is 1.37. The highest BCUT2D eigenvalue weighted by molar-refractivity contribution is 5.94. The Labute approximate surface area is 197 Å². The number of carbonyl (C=O) groups excluding carboxylic acids is 1. The van der Waals surface area contributed by atoms with Crippen molar-refractivity contribution in [2.75, 3.05) is 13.7 Å². The van der Waals surface area contributed by atoms with Gasteiger partial charge in [0.2, 0.25) is 0 Å². The maximum absolute atomic E-state index is 14.2. The van der Waals surface area contributed by atoms with E-state index in [1.807, 2.05) is 33.8 Å². The number of aryl methyl sites for hydroxylation is 2. The van der Waals surface area contributed by atoms with E-state index in [1.165, 1.54) is 18.2 Å². The maximum Gasteiger partial charge on any atom is 0.272 e. The summed E-state index contributed by atoms with van der Waals surface area (Å²) in [7, 11) is 1.64. The Hall–Kier alpha value is -3.26. The summed E-state index contributed by atoms with van der Waals surface area (Å²) in [4.78, 5) is 14.9. The second-order valence-electron chi connectivity index (χ2n) is 9.00. The molecule has 2 aliphatic rings. The predicted octanol–water partition coefficient (Wildman–Crippen LogP) is 3.86. The van der Waals surface area contributed by atoms with Crippen LogP contribution in [0.5, 0.6) is 5.75 Å². The summed E-state index contributed by atoms with van der Waals surface area (Å²) < 4.78 is 35.6. The number of nitrogens with one attached hydrogen (secondary N) is 1. The van der Waals surface area contributed by atoms with Crippen molar-refractivity contribution in [2.45, 2.75) is 51.4 Å². The van der Waals surface area contributed by atoms with Gasteiger partial charge in [-0.1, -0.05) is 18.2 Å². The van der Waals surface area contributed by atoms with Gasteiger partial charge in [-0.3, -0.25) is 14.4 Å². The molecule has 6 nitrogen and oxygen atoms in total. The van der Waals surface area contributed by atoms with Crippen molar-refractivity contribution >= 4 is 5.91 Å². The van der Waals surface area contributed by atoms with Crippen LogP contribution in [0.3, 0.4) is 0 Å². The molecule has 1 aliphatic heterocycles. The molecule has 3 aromatic rings. The molecular weight excluding hydrogens is 438 g/mol. The van der Waals surface area contributed by atoms with Crippen molar-refractivity contribution < 1.29 is 18.3 Å². The largest absolute Gasteiger partial charge is 0.497 e. The molecule has 0 spiro atoms. The summed E-state index contributed by atoms with van der Waals surface area (Å²) in [6.07, 6.45) is 3.42. The zero-order valence-electron chi connectivity index (χ0n) is 19.2. The van der Waals surface area contributed by atoms with Crippen LogP contribution in [0.25, 0.3) is 0 Å². The summed E-state index contributed by atoms with van der Waals surface area (Å²) in [6, 6.07) is 12.1. The van der Waals surface area contributed by atoms with Crippen LogP contribution in [0.15, 0.2) is 42.5 Å². The Kier molecular flexibility index (Phi) is 6.32. The summed E-state index contributed by atoms with van der Waals surface area (Å²) in [5.41, 5.74) is 3.52. The number of nitrogens with zero attached hydrogens (tertiary/aromatic N) is 3. The van der Waals surface area contributed by atoms with Gasteiger partial charge < -0.3 is 10.1 Å². The van der Waals surface area contributed by atoms with E-state index in [4.69, 9.17) is 9.84 Å². The number of hydrogen-bond acceptors (Lipinski definition) is 4. The number of rotatable bonds is 8. The second-order valence-corrected chi connectivity index (χ2v) is 9.00. The first kappa shape index (κ1) is 22.5. The summed E-state index contributed by atoms with van der Waals surface area (Å²) in [5.74, 6) is -0.452. The molecule has 1 fully saturated rings. The van der Waals surface area contributed by atoms with Crippen LogP contribution >= 0.6 is 0 Å². The Morgan fingerprint density at radius 1 is 1.15 bits per heavy atom. The summed E-state index contributed by atoms with van der Waals surface area (Å²) in [6.45, 7) is 1.86. The summed E-state index contributed by atoms with van der Waals surface area (Å²) >= 11 is 0. The fraction of sp³-hybridized carbons (Fsp3) is 0.385. The van der Waals surface area contributed by atoms with Gasteiger partial charge in [-0.05, 0) is 49.1 Å². The lowest BCUT2D eigenvalue weighted by molar-refractivity contribution is 0.0942. The third-order valence-corrected chi connectivity index (χ3v) is 6.56. The van der Waals surface area contributed by atoms with Gasteiger partial charge in [-0.2, -0.15) is 5.10 Å². The van der Waals surface area contributed by atoms with Crippen LogP contribution < -0.4 is 10.1 Å². The molecule has 2 aromatic carbocycles. The van der Waals surface area contributed by atoms with Crippen molar-refractivity contribution in [3.8, 4) is 5.75 Å². The minimum Gasteiger partial charge on any atom is -0.497 e. The highest BCUT2D eigenvalue weighted by atomic mass is 19.1. The molecule has 2 heterocycles. The number of amides is 1. The van der Waals surface area contributed by atoms with E-state index in [-0.39, 0.29) is 24.1 Å². The van der Waals surface area contributed by atoms with E-state index in [1.54, 1.807) is 7.11 Å². The number of carbonyl (C=O) groups is 1. The van der Waals surface area contributed by atoms with Crippen LogP contribution in [-0.4, -0.2) is 40.3 Å². The average Bonchev–Trinajstić information content (AvgIpc) is 3.58. The molecule has 0 atom stereocenters. The fourth-order valence-electron chi connectivity index (χ4n) is 4.46. The molecule has 1 aromatic heterocycles. The Morgan fingerprint density at radius 2 is 1.88 bits per heavy atom. The van der Waals surface area contributed by atoms with Crippen molar-refractivity contribution in [3.05, 3.63) is 82.2 Å². The van der Waals surface area contributed by atoms with Gasteiger partial charge >= 0.3 is 0 Å². The van der Waals surface area contributed by atoms with Crippen molar-refractivity contribution in [3.63, 3.8) is 0 Å². The molecule has 0 radical (unpaired) electrons. The SMILES string of the molecule is COc1ccc(CCn2nc(C(=O)NC3CC3)c3c2CCN(Cc2c(F)cccc2F)C3)cc1. The normalized spacial score (nSPS) is 15.7. The second kappa shape index (κ2) is 9.54. The van der Waals surface area contributed by atoms with E-state index < -0.39 is 11.6 Å². The Bertz CT molecular complexity index is 1170. The molecule has 0 bridgehead atoms. The number of benzene rings is 2. The number of aromatic nitrogens is 2. The maximum atomic E-state index is 14.2. The van der Waals surface area contributed by atoms with Crippen molar-refractivity contribution in [1.82, 2.24) is 20.0 Å². The van der Waals surface area contributed by atoms with Gasteiger partial charge in [-0.15, -0.1) is 0 Å². The van der Waals surface area contributed by atoms with Crippen LogP contribution in [0.4, 0.5) is 8.78 Å². The van der Waals surface area contributed by atoms with Gasteiger partial charge in [0.15, 0.2) is 5.69 Å². The van der Waals surface area contributed by atoms with Crippen molar-refractivity contribution in [1.29, 1.82) is 0 Å². The smallest absolute Gasteiger partial charge is 0.272 e. The first-order valence-electron chi connectivity index (χ1n) is 11.7. The fourth-order valence-corrected chi connectivity index (χ4v) is 4.46. The first-order valence-corrected chi connectivity index (χ1v) is 11.7. The molecule has 0 saturated heterocycles. The molecule has 8 heteroatoms. The first-order chi connectivity index (χ1) is 16.5. The molecule has 178 valence electrons. The molecule has 1 saturated carbocycles. The van der Waals surface area contributed by atoms with E-state index in [2.05, 4.69) is 5.32 Å². The quantitative estimate of drug-likeness (QED) is 0.548. The number of halogens is 2. The van der Waals surface area contributed by atoms with Gasteiger partial charge in [0, 0.05) is 55.5 Å². The van der Waals surface area contributed by atoms with Gasteiger partial charge in [0.05, 0.1) is 7.11 Å². The molecule has 34 heavy (non-hydrogen) atoms. The summed E-state index contributed by atoms with van der Waals surface area (Å²) in [5, 5.41) is 7.74. The molecule has 0 unspecified atom stereocenters. The predicted molar refractivity (Wildman–Crippen MR) is 124 cm³/mol. The zero-order valence-corrected chi connectivity index (χ0v) is 19.2. The van der Waals surface area contributed by atoms with E-state index >= 15 is 0 Å². The lowest BCUT2D eigenvalue weighted by Gasteiger charge is -2.28. The van der Waals surface area contributed by atoms with E-state index in [9.17, 15) is 13.6 Å². The monoisotopic (exact) mass is 466 g/mol. The molecule has 5 rings (SSSR count). The van der Waals surface area contributed by atoms with Crippen LogP contribution in [0.1, 0.15) is 45.7 Å². The number of hydrogen-bond donors (Lipinski definition) is 1.